The third kappa shape index (κ3) is 3.87. The lowest BCUT2D eigenvalue weighted by Crippen LogP contribution is -2.40. The normalized spacial score (nSPS) is 18.9. The maximum atomic E-state index is 12.8. The zero-order valence-corrected chi connectivity index (χ0v) is 14.5. The van der Waals surface area contributed by atoms with E-state index in [2.05, 4.69) is 5.32 Å². The largest absolute Gasteiger partial charge is 0.318 e. The fourth-order valence-electron chi connectivity index (χ4n) is 2.73. The maximum Gasteiger partial charge on any atom is 0.243 e. The van der Waals surface area contributed by atoms with Gasteiger partial charge in [-0.15, -0.1) is 12.4 Å². The molecule has 22 heavy (non-hydrogen) atoms. The number of nitrogens with one attached hydrogen (secondary N) is 1. The molecular weight excluding hydrogens is 324 g/mol. The molecule has 0 saturated carbocycles. The fraction of sp³-hybridized carbons (Fsp3) is 0.533. The van der Waals surface area contributed by atoms with Gasteiger partial charge < -0.3 is 5.32 Å². The average molecular weight is 347 g/mol. The van der Waals surface area contributed by atoms with Crippen molar-refractivity contribution < 1.29 is 13.2 Å². The molecule has 7 heteroatoms. The van der Waals surface area contributed by atoms with Gasteiger partial charge in [0, 0.05) is 31.1 Å². The molecule has 1 aliphatic heterocycles. The minimum Gasteiger partial charge on any atom is -0.318 e. The summed E-state index contributed by atoms with van der Waals surface area (Å²) < 4.78 is 27.1. The average Bonchev–Trinajstić information content (AvgIpc) is 2.96. The molecule has 0 amide bonds. The summed E-state index contributed by atoms with van der Waals surface area (Å²) in [6.45, 7) is 2.96. The van der Waals surface area contributed by atoms with E-state index in [4.69, 9.17) is 0 Å². The van der Waals surface area contributed by atoms with Crippen LogP contribution in [0.3, 0.4) is 0 Å². The van der Waals surface area contributed by atoms with Crippen molar-refractivity contribution in [3.05, 3.63) is 29.8 Å². The maximum absolute atomic E-state index is 12.8. The van der Waals surface area contributed by atoms with Crippen LogP contribution in [0.4, 0.5) is 0 Å². The highest BCUT2D eigenvalue weighted by Crippen LogP contribution is 2.26. The quantitative estimate of drug-likeness (QED) is 0.801. The molecule has 1 aromatic rings. The lowest BCUT2D eigenvalue weighted by molar-refractivity contribution is 0.0988. The van der Waals surface area contributed by atoms with Gasteiger partial charge in [0.25, 0.3) is 0 Å². The molecule has 1 atom stereocenters. The Hall–Kier alpha value is -0.950. The summed E-state index contributed by atoms with van der Waals surface area (Å²) in [5, 5.41) is 3.04. The molecule has 1 fully saturated rings. The van der Waals surface area contributed by atoms with Crippen molar-refractivity contribution in [2.24, 2.45) is 0 Å². The number of likely N-dealkylation sites (N-methyl/N-ethyl adjacent to an activating group) is 1. The Morgan fingerprint density at radius 3 is 2.77 bits per heavy atom. The number of hydrogen-bond acceptors (Lipinski definition) is 4. The number of sulfonamides is 1. The first-order valence-electron chi connectivity index (χ1n) is 7.30. The fourth-order valence-corrected chi connectivity index (χ4v) is 4.47. The van der Waals surface area contributed by atoms with Gasteiger partial charge in [-0.1, -0.05) is 19.1 Å². The number of carbonyl (C=O) groups is 1. The van der Waals surface area contributed by atoms with E-state index in [0.29, 0.717) is 25.1 Å². The Bertz CT molecular complexity index is 619. The first-order chi connectivity index (χ1) is 10.0. The van der Waals surface area contributed by atoms with Crippen molar-refractivity contribution in [3.8, 4) is 0 Å². The first kappa shape index (κ1) is 19.1. The molecule has 1 heterocycles. The van der Waals surface area contributed by atoms with Crippen LogP contribution in [0.1, 0.15) is 36.5 Å². The van der Waals surface area contributed by atoms with Crippen molar-refractivity contribution in [3.63, 3.8) is 0 Å². The number of hydrogen-bond donors (Lipinski definition) is 1. The Kier molecular flexibility index (Phi) is 6.99. The molecule has 124 valence electrons. The molecule has 5 nitrogen and oxygen atoms in total. The zero-order valence-electron chi connectivity index (χ0n) is 12.9. The second-order valence-corrected chi connectivity index (χ2v) is 7.16. The van der Waals surface area contributed by atoms with Crippen molar-refractivity contribution in [2.75, 3.05) is 20.1 Å². The van der Waals surface area contributed by atoms with Crippen LogP contribution < -0.4 is 5.32 Å². The number of benzene rings is 1. The summed E-state index contributed by atoms with van der Waals surface area (Å²) in [6, 6.07) is 6.36. The molecule has 0 aromatic heterocycles. The molecule has 2 rings (SSSR count). The summed E-state index contributed by atoms with van der Waals surface area (Å²) >= 11 is 0. The van der Waals surface area contributed by atoms with Crippen LogP contribution in [-0.2, 0) is 10.0 Å². The van der Waals surface area contributed by atoms with E-state index in [1.54, 1.807) is 29.4 Å². The van der Waals surface area contributed by atoms with Crippen molar-refractivity contribution in [2.45, 2.75) is 37.1 Å². The van der Waals surface area contributed by atoms with E-state index < -0.39 is 10.0 Å². The van der Waals surface area contributed by atoms with Crippen LogP contribution in [-0.4, -0.2) is 44.7 Å². The summed E-state index contributed by atoms with van der Waals surface area (Å²) in [5.74, 6) is -0.0414. The van der Waals surface area contributed by atoms with Crippen LogP contribution in [0.15, 0.2) is 29.2 Å². The van der Waals surface area contributed by atoms with Gasteiger partial charge in [0.2, 0.25) is 10.0 Å². The molecule has 0 aliphatic carbocycles. The Morgan fingerprint density at radius 1 is 1.41 bits per heavy atom. The van der Waals surface area contributed by atoms with Crippen molar-refractivity contribution in [1.29, 1.82) is 0 Å². The predicted octanol–water partition coefficient (Wildman–Crippen LogP) is 2.07. The van der Waals surface area contributed by atoms with Gasteiger partial charge in [0.05, 0.1) is 4.90 Å². The number of nitrogens with zero attached hydrogens (tertiary/aromatic N) is 1. The van der Waals surface area contributed by atoms with Crippen molar-refractivity contribution >= 4 is 28.2 Å². The van der Waals surface area contributed by atoms with Crippen LogP contribution in [0.5, 0.6) is 0 Å². The zero-order chi connectivity index (χ0) is 15.5. The second kappa shape index (κ2) is 8.06. The van der Waals surface area contributed by atoms with Crippen LogP contribution >= 0.6 is 12.4 Å². The highest BCUT2D eigenvalue weighted by molar-refractivity contribution is 7.89. The van der Waals surface area contributed by atoms with Gasteiger partial charge in [-0.05, 0) is 32.0 Å². The molecule has 1 unspecified atom stereocenters. The SMILES string of the molecule is CCC(=O)c1cccc(S(=O)(=O)N2CCCC2CNC)c1.Cl. The molecule has 0 bridgehead atoms. The number of ketones is 1. The van der Waals surface area contributed by atoms with Gasteiger partial charge in [-0.3, -0.25) is 4.79 Å². The van der Waals surface area contributed by atoms with E-state index in [9.17, 15) is 13.2 Å². The Morgan fingerprint density at radius 2 is 2.14 bits per heavy atom. The van der Waals surface area contributed by atoms with Crippen LogP contribution in [0.25, 0.3) is 0 Å². The molecule has 1 aromatic carbocycles. The standard InChI is InChI=1S/C15H22N2O3S.ClH/c1-3-15(18)12-6-4-8-14(10-12)21(19,20)17-9-5-7-13(17)11-16-2;/h4,6,8,10,13,16H,3,5,7,9,11H2,1-2H3;1H. The number of halogens is 1. The van der Waals surface area contributed by atoms with Gasteiger partial charge in [0.15, 0.2) is 5.78 Å². The third-order valence-corrected chi connectivity index (χ3v) is 5.79. The molecule has 0 spiro atoms. The molecule has 1 aliphatic rings. The van der Waals surface area contributed by atoms with E-state index in [0.717, 1.165) is 12.8 Å². The molecular formula is C15H23ClN2O3S. The lowest BCUT2D eigenvalue weighted by atomic mass is 10.1. The minimum atomic E-state index is -3.53. The predicted molar refractivity (Wildman–Crippen MR) is 89.2 cm³/mol. The van der Waals surface area contributed by atoms with Gasteiger partial charge in [0.1, 0.15) is 0 Å². The molecule has 1 N–H and O–H groups in total. The number of rotatable bonds is 6. The van der Waals surface area contributed by atoms with Gasteiger partial charge in [-0.25, -0.2) is 8.42 Å². The second-order valence-electron chi connectivity index (χ2n) is 5.27. The van der Waals surface area contributed by atoms with Crippen molar-refractivity contribution in [1.82, 2.24) is 9.62 Å². The van der Waals surface area contributed by atoms with E-state index in [1.807, 2.05) is 7.05 Å². The highest BCUT2D eigenvalue weighted by atomic mass is 35.5. The molecule has 1 saturated heterocycles. The topological polar surface area (TPSA) is 66.5 Å². The summed E-state index contributed by atoms with van der Waals surface area (Å²) in [6.07, 6.45) is 2.11. The van der Waals surface area contributed by atoms with Crippen LogP contribution in [0, 0.1) is 0 Å². The lowest BCUT2D eigenvalue weighted by Gasteiger charge is -2.24. The Labute approximate surface area is 138 Å². The third-order valence-electron chi connectivity index (χ3n) is 3.85. The van der Waals surface area contributed by atoms with Gasteiger partial charge in [-0.2, -0.15) is 4.31 Å². The van der Waals surface area contributed by atoms with E-state index in [1.165, 1.54) is 6.07 Å². The van der Waals surface area contributed by atoms with Gasteiger partial charge >= 0.3 is 0 Å². The number of Topliss-reactive ketones (excluding diaryl/α,β-unsaturated/α-hetero) is 1. The Balaban J connectivity index is 0.00000242. The highest BCUT2D eigenvalue weighted by Gasteiger charge is 2.34. The van der Waals surface area contributed by atoms with E-state index >= 15 is 0 Å². The summed E-state index contributed by atoms with van der Waals surface area (Å²) in [4.78, 5) is 12.0. The summed E-state index contributed by atoms with van der Waals surface area (Å²) in [5.41, 5.74) is 0.461. The van der Waals surface area contributed by atoms with Crippen LogP contribution in [0.2, 0.25) is 0 Å². The first-order valence-corrected chi connectivity index (χ1v) is 8.74. The minimum absolute atomic E-state index is 0. The smallest absolute Gasteiger partial charge is 0.243 e. The van der Waals surface area contributed by atoms with E-state index in [-0.39, 0.29) is 29.1 Å². The molecule has 0 radical (unpaired) electrons. The monoisotopic (exact) mass is 346 g/mol. The summed E-state index contributed by atoms with van der Waals surface area (Å²) in [7, 11) is -1.71. The number of carbonyl (C=O) groups excluding carboxylic acids is 1.